The van der Waals surface area contributed by atoms with Crippen molar-refractivity contribution < 1.29 is 14.3 Å². The fourth-order valence-electron chi connectivity index (χ4n) is 1.23. The lowest BCUT2D eigenvalue weighted by Gasteiger charge is -2.38. The zero-order valence-electron chi connectivity index (χ0n) is 9.46. The fraction of sp³-hybridized carbons (Fsp3) is 0.600. The third-order valence-corrected chi connectivity index (χ3v) is 2.78. The summed E-state index contributed by atoms with van der Waals surface area (Å²) < 4.78 is 5.29. The molecule has 2 amide bonds. The molecule has 1 aliphatic rings. The third kappa shape index (κ3) is 1.82. The molecule has 5 nitrogen and oxygen atoms in total. The van der Waals surface area contributed by atoms with Gasteiger partial charge in [-0.15, -0.1) is 0 Å². The van der Waals surface area contributed by atoms with Gasteiger partial charge in [0.15, 0.2) is 6.73 Å². The molecule has 0 saturated carbocycles. The van der Waals surface area contributed by atoms with Crippen molar-refractivity contribution in [2.45, 2.75) is 33.2 Å². The molecule has 0 aromatic rings. The van der Waals surface area contributed by atoms with Crippen LogP contribution in [0.5, 0.6) is 0 Å². The molecule has 0 aromatic carbocycles. The maximum absolute atomic E-state index is 11.9. The minimum atomic E-state index is -1.03. The number of carbonyl (C=O) groups excluding carboxylic acids is 2. The summed E-state index contributed by atoms with van der Waals surface area (Å²) in [6.07, 6.45) is 0. The van der Waals surface area contributed by atoms with Crippen molar-refractivity contribution in [3.8, 4) is 0 Å². The molecule has 0 fully saturated rings. The van der Waals surface area contributed by atoms with Gasteiger partial charge in [0.2, 0.25) is 5.91 Å². The molecule has 0 atom stereocenters. The Bertz CT molecular complexity index is 345. The lowest BCUT2D eigenvalue weighted by Crippen LogP contribution is -2.57. The van der Waals surface area contributed by atoms with Crippen molar-refractivity contribution in [3.63, 3.8) is 0 Å². The van der Waals surface area contributed by atoms with Gasteiger partial charge < -0.3 is 10.5 Å². The van der Waals surface area contributed by atoms with Gasteiger partial charge in [0.05, 0.1) is 5.57 Å². The first kappa shape index (κ1) is 11.6. The van der Waals surface area contributed by atoms with Crippen LogP contribution in [0.2, 0.25) is 0 Å². The van der Waals surface area contributed by atoms with E-state index in [9.17, 15) is 9.59 Å². The smallest absolute Gasteiger partial charge is 0.256 e. The molecule has 0 unspecified atom stereocenters. The molecule has 0 spiro atoms. The number of carbonyl (C=O) groups is 2. The van der Waals surface area contributed by atoms with Crippen LogP contribution < -0.4 is 5.73 Å². The van der Waals surface area contributed by atoms with Crippen LogP contribution in [-0.2, 0) is 14.3 Å². The van der Waals surface area contributed by atoms with E-state index in [1.54, 1.807) is 27.7 Å². The molecule has 84 valence electrons. The van der Waals surface area contributed by atoms with Gasteiger partial charge in [-0.1, -0.05) is 0 Å². The van der Waals surface area contributed by atoms with Crippen molar-refractivity contribution in [2.24, 2.45) is 5.73 Å². The zero-order chi connectivity index (χ0) is 11.8. The average Bonchev–Trinajstić information content (AvgIpc) is 2.13. The van der Waals surface area contributed by atoms with Crippen LogP contribution in [0.4, 0.5) is 0 Å². The lowest BCUT2D eigenvalue weighted by molar-refractivity contribution is -0.150. The predicted octanol–water partition coefficient (Wildman–Crippen LogP) is 0.361. The maximum Gasteiger partial charge on any atom is 0.256 e. The molecule has 0 radical (unpaired) electrons. The Balaban J connectivity index is 3.03. The maximum atomic E-state index is 11.9. The van der Waals surface area contributed by atoms with E-state index in [0.29, 0.717) is 11.3 Å². The van der Waals surface area contributed by atoms with Crippen molar-refractivity contribution >= 4 is 11.8 Å². The largest absolute Gasteiger partial charge is 0.477 e. The molecule has 0 aromatic heterocycles. The second-order valence-electron chi connectivity index (χ2n) is 4.11. The summed E-state index contributed by atoms with van der Waals surface area (Å²) in [5, 5.41) is 0. The molecule has 0 saturated heterocycles. The van der Waals surface area contributed by atoms with Crippen LogP contribution in [0.3, 0.4) is 0 Å². The van der Waals surface area contributed by atoms with Crippen molar-refractivity contribution in [1.29, 1.82) is 0 Å². The molecule has 5 heteroatoms. The second kappa shape index (κ2) is 3.56. The zero-order valence-corrected chi connectivity index (χ0v) is 9.46. The molecular formula is C10H16N2O3. The summed E-state index contributed by atoms with van der Waals surface area (Å²) in [6, 6.07) is 0. The predicted molar refractivity (Wildman–Crippen MR) is 54.4 cm³/mol. The van der Waals surface area contributed by atoms with E-state index in [2.05, 4.69) is 0 Å². The number of ether oxygens (including phenoxy) is 1. The van der Waals surface area contributed by atoms with Gasteiger partial charge in [-0.25, -0.2) is 0 Å². The SMILES string of the molecule is CC1=C(C)C(=O)N(C(C)(C)C(N)=O)CO1. The molecule has 2 N–H and O–H groups in total. The average molecular weight is 212 g/mol. The summed E-state index contributed by atoms with van der Waals surface area (Å²) >= 11 is 0. The van der Waals surface area contributed by atoms with E-state index < -0.39 is 11.4 Å². The van der Waals surface area contributed by atoms with Gasteiger partial charge in [-0.2, -0.15) is 0 Å². The summed E-state index contributed by atoms with van der Waals surface area (Å²) in [7, 11) is 0. The molecule has 0 aliphatic carbocycles. The Kier molecular flexibility index (Phi) is 2.75. The van der Waals surface area contributed by atoms with E-state index >= 15 is 0 Å². The Morgan fingerprint density at radius 2 is 2.00 bits per heavy atom. The van der Waals surface area contributed by atoms with Gasteiger partial charge in [0, 0.05) is 0 Å². The summed E-state index contributed by atoms with van der Waals surface area (Å²) in [4.78, 5) is 24.4. The van der Waals surface area contributed by atoms with Gasteiger partial charge in [-0.05, 0) is 27.7 Å². The highest BCUT2D eigenvalue weighted by Gasteiger charge is 2.39. The van der Waals surface area contributed by atoms with E-state index in [1.807, 2.05) is 0 Å². The first-order valence-corrected chi connectivity index (χ1v) is 4.70. The monoisotopic (exact) mass is 212 g/mol. The lowest BCUT2D eigenvalue weighted by atomic mass is 10.0. The fourth-order valence-corrected chi connectivity index (χ4v) is 1.23. The number of nitrogens with two attached hydrogens (primary N) is 1. The van der Waals surface area contributed by atoms with E-state index in [1.165, 1.54) is 4.90 Å². The molecule has 1 heterocycles. The Labute approximate surface area is 88.9 Å². The van der Waals surface area contributed by atoms with E-state index in [0.717, 1.165) is 0 Å². The Hall–Kier alpha value is -1.52. The Morgan fingerprint density at radius 3 is 2.47 bits per heavy atom. The van der Waals surface area contributed by atoms with Gasteiger partial charge in [0.25, 0.3) is 5.91 Å². The van der Waals surface area contributed by atoms with E-state index in [4.69, 9.17) is 10.5 Å². The van der Waals surface area contributed by atoms with Crippen LogP contribution in [0.15, 0.2) is 11.3 Å². The Morgan fingerprint density at radius 1 is 1.47 bits per heavy atom. The second-order valence-corrected chi connectivity index (χ2v) is 4.11. The molecule has 1 rings (SSSR count). The highest BCUT2D eigenvalue weighted by Crippen LogP contribution is 2.23. The third-order valence-electron chi connectivity index (χ3n) is 2.78. The van der Waals surface area contributed by atoms with Crippen LogP contribution in [-0.4, -0.2) is 29.0 Å². The molecule has 1 aliphatic heterocycles. The quantitative estimate of drug-likeness (QED) is 0.718. The number of primary amides is 1. The van der Waals surface area contributed by atoms with Crippen LogP contribution in [0.25, 0.3) is 0 Å². The van der Waals surface area contributed by atoms with Crippen LogP contribution in [0, 0.1) is 0 Å². The van der Waals surface area contributed by atoms with Gasteiger partial charge >= 0.3 is 0 Å². The number of hydrogen-bond acceptors (Lipinski definition) is 3. The number of amides is 2. The van der Waals surface area contributed by atoms with Crippen molar-refractivity contribution in [1.82, 2.24) is 4.90 Å². The minimum absolute atomic E-state index is 0.0674. The minimum Gasteiger partial charge on any atom is -0.477 e. The number of hydrogen-bond donors (Lipinski definition) is 1. The van der Waals surface area contributed by atoms with Gasteiger partial charge in [0.1, 0.15) is 11.3 Å². The van der Waals surface area contributed by atoms with E-state index in [-0.39, 0.29) is 12.6 Å². The molecular weight excluding hydrogens is 196 g/mol. The first-order valence-electron chi connectivity index (χ1n) is 4.70. The number of allylic oxidation sites excluding steroid dienone is 1. The summed E-state index contributed by atoms with van der Waals surface area (Å²) in [5.74, 6) is -0.161. The van der Waals surface area contributed by atoms with Crippen molar-refractivity contribution in [3.05, 3.63) is 11.3 Å². The van der Waals surface area contributed by atoms with Crippen molar-refractivity contribution in [2.75, 3.05) is 6.73 Å². The normalized spacial score (nSPS) is 17.9. The van der Waals surface area contributed by atoms with Crippen LogP contribution >= 0.6 is 0 Å². The summed E-state index contributed by atoms with van der Waals surface area (Å²) in [6.45, 7) is 6.66. The highest BCUT2D eigenvalue weighted by molar-refractivity contribution is 5.98. The number of nitrogens with zero attached hydrogens (tertiary/aromatic N) is 1. The number of rotatable bonds is 2. The first-order chi connectivity index (χ1) is 6.78. The van der Waals surface area contributed by atoms with Gasteiger partial charge in [-0.3, -0.25) is 14.5 Å². The topological polar surface area (TPSA) is 72.6 Å². The van der Waals surface area contributed by atoms with Crippen LogP contribution in [0.1, 0.15) is 27.7 Å². The standard InChI is InChI=1S/C10H16N2O3/c1-6-7(2)15-5-12(8(6)13)10(3,4)9(11)14/h5H2,1-4H3,(H2,11,14). The molecule has 15 heavy (non-hydrogen) atoms. The highest BCUT2D eigenvalue weighted by atomic mass is 16.5. The molecule has 0 bridgehead atoms. The summed E-state index contributed by atoms with van der Waals surface area (Å²) in [5.41, 5.74) is 4.72.